The predicted molar refractivity (Wildman–Crippen MR) is 94.8 cm³/mol. The van der Waals surface area contributed by atoms with Gasteiger partial charge < -0.3 is 43.9 Å². The number of rotatable bonds is 9. The third-order valence-corrected chi connectivity index (χ3v) is 7.66. The number of nitrogen functional groups attached to an aromatic ring is 1. The number of esters is 1. The maximum absolute atomic E-state index is 11.8. The van der Waals surface area contributed by atoms with Crippen LogP contribution in [-0.2, 0) is 41.1 Å². The van der Waals surface area contributed by atoms with E-state index < -0.39 is 54.5 Å². The Bertz CT molecular complexity index is 1200. The van der Waals surface area contributed by atoms with Crippen LogP contribution in [0.1, 0.15) is 19.6 Å². The molecule has 3 heterocycles. The molecule has 1 aliphatic heterocycles. The van der Waals surface area contributed by atoms with Crippen molar-refractivity contribution >= 4 is 46.4 Å². The van der Waals surface area contributed by atoms with Crippen molar-refractivity contribution in [1.29, 1.82) is 0 Å². The molecule has 0 aromatic carbocycles. The molecule has 3 rings (SSSR count). The van der Waals surface area contributed by atoms with E-state index >= 15 is 0 Å². The van der Waals surface area contributed by atoms with Crippen molar-refractivity contribution in [2.24, 2.45) is 0 Å². The van der Waals surface area contributed by atoms with Crippen LogP contribution in [0.4, 0.5) is 5.82 Å². The largest absolute Gasteiger partial charge is 1.00 e. The van der Waals surface area contributed by atoms with Gasteiger partial charge in [-0.2, -0.15) is 0 Å². The molecule has 0 radical (unpaired) electrons. The molecule has 18 nitrogen and oxygen atoms in total. The first-order valence-electron chi connectivity index (χ1n) is 8.63. The van der Waals surface area contributed by atoms with Gasteiger partial charge in [-0.1, -0.05) is 0 Å². The van der Waals surface area contributed by atoms with Gasteiger partial charge in [0.1, 0.15) is 30.3 Å². The second-order valence-electron chi connectivity index (χ2n) is 6.40. The number of fused-ring (bicyclic) bond motifs is 1. The summed E-state index contributed by atoms with van der Waals surface area (Å²) in [7, 11) is -18.0. The molecule has 184 valence electrons. The van der Waals surface area contributed by atoms with Crippen molar-refractivity contribution in [3.8, 4) is 0 Å². The zero-order valence-corrected chi connectivity index (χ0v) is 31.0. The van der Waals surface area contributed by atoms with Crippen molar-refractivity contribution in [1.82, 2.24) is 19.5 Å². The van der Waals surface area contributed by atoms with Crippen molar-refractivity contribution in [3.63, 3.8) is 0 Å². The zero-order chi connectivity index (χ0) is 24.6. The molecule has 2 aromatic heterocycles. The fourth-order valence-corrected chi connectivity index (χ4v) is 5.75. The summed E-state index contributed by atoms with van der Waals surface area (Å²) >= 11 is 0. The number of hydrogen-bond donors (Lipinski definition) is 1. The molecule has 2 unspecified atom stereocenters. The summed E-state index contributed by atoms with van der Waals surface area (Å²) in [5, 5.41) is 0. The molecule has 37 heavy (non-hydrogen) atoms. The molecule has 2 aromatic rings. The summed E-state index contributed by atoms with van der Waals surface area (Å²) in [5.74, 6) is -0.653. The number of phosphoric acid groups is 3. The summed E-state index contributed by atoms with van der Waals surface area (Å²) in [5.41, 5.74) is 6.23. The van der Waals surface area contributed by atoms with Crippen molar-refractivity contribution in [2.75, 3.05) is 12.3 Å². The standard InChI is InChI=1S/C12H18N5O13P3.4Na/c1-6(18)27-7-2-9(17-5-16-10-11(13)14-4-15-12(10)17)28-8(7)3-26-32(22,23)30-33(24,25)29-31(19,20)21;;;;/h4-5,7-9H,2-3H2,1H3,(H,22,23)(H,24,25)(H2,13,14,15)(H2,19,20,21);;;;/q;4*+1/p-4/t7-,8+,9+;;;;/m0..../s1. The van der Waals surface area contributed by atoms with Crippen LogP contribution in [-0.4, -0.2) is 44.3 Å². The van der Waals surface area contributed by atoms with Crippen LogP contribution < -0.4 is 144 Å². The maximum atomic E-state index is 11.8. The topological polar surface area (TPSA) is 276 Å². The number of nitrogens with two attached hydrogens (primary N) is 1. The van der Waals surface area contributed by atoms with E-state index in [1.54, 1.807) is 0 Å². The minimum atomic E-state index is -6.13. The number of carbonyl (C=O) groups excluding carboxylic acids is 1. The fourth-order valence-electron chi connectivity index (χ4n) is 2.89. The smallest absolute Gasteiger partial charge is 0.790 e. The molecule has 1 fully saturated rings. The first-order valence-corrected chi connectivity index (χ1v) is 13.0. The molecule has 5 atom stereocenters. The van der Waals surface area contributed by atoms with Gasteiger partial charge in [0.2, 0.25) is 0 Å². The summed E-state index contributed by atoms with van der Waals surface area (Å²) < 4.78 is 56.5. The third kappa shape index (κ3) is 12.5. The van der Waals surface area contributed by atoms with Crippen LogP contribution in [0.25, 0.3) is 11.2 Å². The number of ether oxygens (including phenoxy) is 2. The number of aromatic nitrogens is 4. The molecular formula is C12H14N5Na4O13P3. The van der Waals surface area contributed by atoms with Crippen molar-refractivity contribution in [2.45, 2.75) is 31.8 Å². The van der Waals surface area contributed by atoms with Gasteiger partial charge in [0.25, 0.3) is 15.6 Å². The second kappa shape index (κ2) is 16.7. The minimum Gasteiger partial charge on any atom is -0.790 e. The number of hydrogen-bond acceptors (Lipinski definition) is 17. The van der Waals surface area contributed by atoms with Crippen molar-refractivity contribution < 1.29 is 179 Å². The van der Waals surface area contributed by atoms with Crippen molar-refractivity contribution in [3.05, 3.63) is 12.7 Å². The van der Waals surface area contributed by atoms with E-state index in [9.17, 15) is 38.1 Å². The van der Waals surface area contributed by atoms with Crippen LogP contribution in [0, 0.1) is 0 Å². The summed E-state index contributed by atoms with van der Waals surface area (Å²) in [4.78, 5) is 67.1. The van der Waals surface area contributed by atoms with Crippen LogP contribution >= 0.6 is 23.5 Å². The Morgan fingerprint density at radius 3 is 2.27 bits per heavy atom. The first-order chi connectivity index (χ1) is 15.2. The number of phosphoric ester groups is 1. The van der Waals surface area contributed by atoms with Gasteiger partial charge in [-0.15, -0.1) is 0 Å². The third-order valence-electron chi connectivity index (χ3n) is 3.99. The van der Waals surface area contributed by atoms with Gasteiger partial charge in [0, 0.05) is 13.3 Å². The van der Waals surface area contributed by atoms with Crippen LogP contribution in [0.5, 0.6) is 0 Å². The van der Waals surface area contributed by atoms with E-state index in [0.717, 1.165) is 6.92 Å². The van der Waals surface area contributed by atoms with Gasteiger partial charge in [-0.25, -0.2) is 19.3 Å². The summed E-state index contributed by atoms with van der Waals surface area (Å²) in [6.45, 7) is 0.161. The Labute approximate surface area is 297 Å². The summed E-state index contributed by atoms with van der Waals surface area (Å²) in [6, 6.07) is 0. The molecule has 1 aliphatic rings. The number of carbonyl (C=O) groups is 1. The average Bonchev–Trinajstić information content (AvgIpc) is 3.21. The molecule has 2 N–H and O–H groups in total. The number of imidazole rings is 1. The van der Waals surface area contributed by atoms with Crippen LogP contribution in [0.2, 0.25) is 0 Å². The molecule has 0 bridgehead atoms. The molecular weight excluding hydrogens is 607 g/mol. The molecule has 1 saturated heterocycles. The van der Waals surface area contributed by atoms with Gasteiger partial charge in [-0.3, -0.25) is 22.8 Å². The first kappa shape index (κ1) is 41.3. The average molecular weight is 621 g/mol. The van der Waals surface area contributed by atoms with Gasteiger partial charge in [0.05, 0.1) is 20.8 Å². The van der Waals surface area contributed by atoms with E-state index in [-0.39, 0.29) is 142 Å². The minimum absolute atomic E-state index is 0. The Morgan fingerprint density at radius 1 is 1.08 bits per heavy atom. The summed E-state index contributed by atoms with van der Waals surface area (Å²) in [6.07, 6.45) is -0.764. The van der Waals surface area contributed by atoms with E-state index in [1.165, 1.54) is 17.2 Å². The predicted octanol–water partition coefficient (Wildman–Crippen LogP) is -14.5. The van der Waals surface area contributed by atoms with Gasteiger partial charge >= 0.3 is 124 Å². The molecule has 0 saturated carbocycles. The zero-order valence-electron chi connectivity index (χ0n) is 20.3. The normalized spacial score (nSPS) is 22.2. The second-order valence-corrected chi connectivity index (χ2v) is 10.6. The van der Waals surface area contributed by atoms with Gasteiger partial charge in [0.15, 0.2) is 11.5 Å². The quantitative estimate of drug-likeness (QED) is 0.155. The van der Waals surface area contributed by atoms with E-state index in [2.05, 4.69) is 28.1 Å². The van der Waals surface area contributed by atoms with E-state index in [1.807, 2.05) is 0 Å². The van der Waals surface area contributed by atoms with Crippen LogP contribution in [0.3, 0.4) is 0 Å². The van der Waals surface area contributed by atoms with E-state index in [0.29, 0.717) is 0 Å². The molecule has 0 amide bonds. The maximum Gasteiger partial charge on any atom is 1.00 e. The Hall–Kier alpha value is 2.19. The SMILES string of the molecule is CC(=O)O[C@H]1C[C@H](n2cnc3c(N)ncnc32)O[C@@H]1COP(=O)([O-])OP(=O)([O-])OP(=O)([O-])[O-].[Na+].[Na+].[Na+].[Na+]. The Balaban J connectivity index is 0. The number of anilines is 1. The van der Waals surface area contributed by atoms with Crippen LogP contribution in [0.15, 0.2) is 12.7 Å². The molecule has 25 heteroatoms. The monoisotopic (exact) mass is 621 g/mol. The molecule has 0 spiro atoms. The number of nitrogens with zero attached hydrogens (tertiary/aromatic N) is 4. The fraction of sp³-hybridized carbons (Fsp3) is 0.500. The van der Waals surface area contributed by atoms with Gasteiger partial charge in [-0.05, 0) is 0 Å². The van der Waals surface area contributed by atoms with E-state index in [4.69, 9.17) is 15.2 Å². The molecule has 0 aliphatic carbocycles. The Morgan fingerprint density at radius 2 is 1.70 bits per heavy atom. The Kier molecular flexibility index (Phi) is 18.7.